The molecule has 3 aromatic carbocycles. The summed E-state index contributed by atoms with van der Waals surface area (Å²) in [5.74, 6) is -4.19. The highest BCUT2D eigenvalue weighted by Gasteiger charge is 2.33. The first-order valence-corrected chi connectivity index (χ1v) is 16.8. The molecule has 0 aromatic heterocycles. The summed E-state index contributed by atoms with van der Waals surface area (Å²) in [7, 11) is 0. The Balaban J connectivity index is 1.65. The van der Waals surface area contributed by atoms with Gasteiger partial charge in [-0.25, -0.2) is 0 Å². The molecule has 5 atom stereocenters. The molecule has 270 valence electrons. The van der Waals surface area contributed by atoms with Crippen molar-refractivity contribution in [2.45, 2.75) is 76.2 Å². The van der Waals surface area contributed by atoms with E-state index >= 15 is 0 Å². The fourth-order valence-corrected chi connectivity index (χ4v) is 5.95. The summed E-state index contributed by atoms with van der Waals surface area (Å²) in [4.78, 5) is 80.1. The van der Waals surface area contributed by atoms with Crippen molar-refractivity contribution in [3.63, 3.8) is 0 Å². The van der Waals surface area contributed by atoms with Crippen molar-refractivity contribution in [2.75, 3.05) is 6.54 Å². The fourth-order valence-electron chi connectivity index (χ4n) is 5.95. The van der Waals surface area contributed by atoms with Gasteiger partial charge in [0.2, 0.25) is 35.4 Å². The molecule has 51 heavy (non-hydrogen) atoms. The van der Waals surface area contributed by atoms with Gasteiger partial charge in [0, 0.05) is 6.54 Å². The minimum Gasteiger partial charge on any atom is -0.508 e. The number of benzene rings is 3. The van der Waals surface area contributed by atoms with Crippen LogP contribution in [0.2, 0.25) is 0 Å². The molecule has 0 aliphatic carbocycles. The van der Waals surface area contributed by atoms with E-state index in [9.17, 15) is 33.9 Å². The lowest BCUT2D eigenvalue weighted by Crippen LogP contribution is -2.54. The van der Waals surface area contributed by atoms with Gasteiger partial charge in [-0.3, -0.25) is 28.8 Å². The maximum absolute atomic E-state index is 14.0. The van der Waals surface area contributed by atoms with Crippen LogP contribution in [0.3, 0.4) is 0 Å². The Morgan fingerprint density at radius 1 is 0.824 bits per heavy atom. The molecule has 6 amide bonds. The normalized spacial score (nSPS) is 21.5. The third kappa shape index (κ3) is 10.6. The Kier molecular flexibility index (Phi) is 13.3. The Hall–Kier alpha value is -5.76. The number of amides is 6. The van der Waals surface area contributed by atoms with E-state index in [0.717, 1.165) is 16.7 Å². The molecule has 0 unspecified atom stereocenters. The molecule has 10 N–H and O–H groups in total. The standard InChI is InChI=1S/C37H45N7O7/c1-21-17-25(45)18-22(2)26(21)19-27(38)34(48)41-28-15-9-10-16-40-30(46)20-29(33(39)47)42-36(50)31(23-11-5-3-6-12-23)44-37(51)32(43-35(28)49)24-13-7-4-8-14-24/h3-8,11-14,17-18,27-29,31-32,45H,9-10,15-16,19-20,38H2,1-2H3,(H2,39,47)(H,40,46)(H,41,48)(H,42,50)(H,43,49)(H,44,51)/t27-,28+,29-,31-,32-/m0/s1. The number of hydrogen-bond donors (Lipinski definition) is 8. The number of nitrogens with one attached hydrogen (secondary N) is 5. The molecule has 1 saturated heterocycles. The summed E-state index contributed by atoms with van der Waals surface area (Å²) in [6, 6.07) is 13.6. The maximum Gasteiger partial charge on any atom is 0.248 e. The largest absolute Gasteiger partial charge is 0.508 e. The predicted octanol–water partition coefficient (Wildman–Crippen LogP) is 0.739. The molecule has 1 heterocycles. The minimum atomic E-state index is -1.36. The zero-order valence-electron chi connectivity index (χ0n) is 28.6. The van der Waals surface area contributed by atoms with E-state index in [0.29, 0.717) is 24.0 Å². The van der Waals surface area contributed by atoms with Gasteiger partial charge in [-0.15, -0.1) is 0 Å². The molecule has 0 radical (unpaired) electrons. The van der Waals surface area contributed by atoms with Crippen molar-refractivity contribution in [2.24, 2.45) is 11.5 Å². The summed E-state index contributed by atoms with van der Waals surface area (Å²) >= 11 is 0. The van der Waals surface area contributed by atoms with Gasteiger partial charge in [0.15, 0.2) is 0 Å². The van der Waals surface area contributed by atoms with Crippen molar-refractivity contribution >= 4 is 35.4 Å². The monoisotopic (exact) mass is 699 g/mol. The summed E-state index contributed by atoms with van der Waals surface area (Å²) in [5.41, 5.74) is 14.9. The van der Waals surface area contributed by atoms with Gasteiger partial charge >= 0.3 is 0 Å². The number of carbonyl (C=O) groups excluding carboxylic acids is 6. The third-order valence-corrected chi connectivity index (χ3v) is 8.73. The second kappa shape index (κ2) is 17.8. The number of hydrogen-bond acceptors (Lipinski definition) is 8. The first kappa shape index (κ1) is 38.0. The molecule has 1 aliphatic heterocycles. The van der Waals surface area contributed by atoms with E-state index in [-0.39, 0.29) is 25.1 Å². The van der Waals surface area contributed by atoms with Crippen LogP contribution in [0.4, 0.5) is 0 Å². The van der Waals surface area contributed by atoms with Gasteiger partial charge in [-0.1, -0.05) is 60.7 Å². The number of nitrogens with two attached hydrogens (primary N) is 2. The Morgan fingerprint density at radius 3 is 1.90 bits per heavy atom. The topological polar surface area (TPSA) is 235 Å². The van der Waals surface area contributed by atoms with Crippen molar-refractivity contribution < 1.29 is 33.9 Å². The average molecular weight is 700 g/mol. The van der Waals surface area contributed by atoms with Gasteiger partial charge in [-0.05, 0) is 79.5 Å². The smallest absolute Gasteiger partial charge is 0.248 e. The Labute approximate surface area is 296 Å². The van der Waals surface area contributed by atoms with Crippen LogP contribution in [0.1, 0.15) is 65.6 Å². The number of aryl methyl sites for hydroxylation is 2. The van der Waals surface area contributed by atoms with Crippen LogP contribution in [0, 0.1) is 13.8 Å². The van der Waals surface area contributed by atoms with E-state index in [4.69, 9.17) is 11.5 Å². The van der Waals surface area contributed by atoms with E-state index in [1.807, 2.05) is 0 Å². The fraction of sp³-hybridized carbons (Fsp3) is 0.351. The molecule has 0 spiro atoms. The first-order valence-electron chi connectivity index (χ1n) is 16.8. The Bertz CT molecular complexity index is 1710. The van der Waals surface area contributed by atoms with Crippen molar-refractivity contribution in [1.82, 2.24) is 26.6 Å². The van der Waals surface area contributed by atoms with Gasteiger partial charge in [0.1, 0.15) is 29.9 Å². The predicted molar refractivity (Wildman–Crippen MR) is 188 cm³/mol. The number of rotatable bonds is 7. The molecular formula is C37H45N7O7. The molecule has 0 bridgehead atoms. The van der Waals surface area contributed by atoms with Crippen molar-refractivity contribution in [3.05, 3.63) is 101 Å². The summed E-state index contributed by atoms with van der Waals surface area (Å²) in [6.45, 7) is 3.79. The number of phenolic OH excluding ortho intramolecular Hbond substituents is 1. The van der Waals surface area contributed by atoms with Crippen LogP contribution in [0.5, 0.6) is 5.75 Å². The lowest BCUT2D eigenvalue weighted by atomic mass is 9.95. The SMILES string of the molecule is Cc1cc(O)cc(C)c1C[C@H](N)C(=O)N[C@@H]1CCCCNC(=O)C[C@@H](C(N)=O)NC(=O)[C@H](c2ccccc2)NC(=O)[C@H](c2ccccc2)NC1=O. The lowest BCUT2D eigenvalue weighted by Gasteiger charge is -2.27. The highest BCUT2D eigenvalue weighted by molar-refractivity contribution is 5.97. The molecule has 0 saturated carbocycles. The van der Waals surface area contributed by atoms with E-state index < -0.39 is 72.1 Å². The highest BCUT2D eigenvalue weighted by atomic mass is 16.3. The van der Waals surface area contributed by atoms with E-state index in [1.165, 1.54) is 0 Å². The molecular weight excluding hydrogens is 654 g/mol. The second-order valence-electron chi connectivity index (χ2n) is 12.6. The number of carbonyl (C=O) groups is 6. The van der Waals surface area contributed by atoms with Crippen LogP contribution in [-0.4, -0.2) is 65.2 Å². The molecule has 3 aromatic rings. The van der Waals surface area contributed by atoms with Gasteiger partial charge in [0.25, 0.3) is 0 Å². The average Bonchev–Trinajstić information content (AvgIpc) is 3.10. The van der Waals surface area contributed by atoms with Crippen molar-refractivity contribution in [1.29, 1.82) is 0 Å². The number of aromatic hydroxyl groups is 1. The second-order valence-corrected chi connectivity index (χ2v) is 12.6. The molecule has 14 nitrogen and oxygen atoms in total. The molecule has 1 fully saturated rings. The maximum atomic E-state index is 14.0. The van der Waals surface area contributed by atoms with Crippen molar-refractivity contribution in [3.8, 4) is 5.75 Å². The number of primary amides is 1. The molecule has 1 aliphatic rings. The van der Waals surface area contributed by atoms with Gasteiger partial charge in [0.05, 0.1) is 12.5 Å². The van der Waals surface area contributed by atoms with Crippen LogP contribution in [-0.2, 0) is 35.2 Å². The molecule has 4 rings (SSSR count). The van der Waals surface area contributed by atoms with Gasteiger partial charge in [-0.2, -0.15) is 0 Å². The van der Waals surface area contributed by atoms with Crippen LogP contribution >= 0.6 is 0 Å². The Morgan fingerprint density at radius 2 is 1.35 bits per heavy atom. The van der Waals surface area contributed by atoms with Crippen LogP contribution in [0.25, 0.3) is 0 Å². The van der Waals surface area contributed by atoms with Gasteiger partial charge < -0.3 is 43.2 Å². The third-order valence-electron chi connectivity index (χ3n) is 8.73. The minimum absolute atomic E-state index is 0.0988. The van der Waals surface area contributed by atoms with E-state index in [1.54, 1.807) is 86.6 Å². The summed E-state index contributed by atoms with van der Waals surface area (Å²) in [6.07, 6.45) is 0.624. The lowest BCUT2D eigenvalue weighted by molar-refractivity contribution is -0.135. The zero-order valence-corrected chi connectivity index (χ0v) is 28.6. The van der Waals surface area contributed by atoms with Crippen LogP contribution < -0.4 is 38.1 Å². The molecule has 14 heteroatoms. The quantitative estimate of drug-likeness (QED) is 0.175. The van der Waals surface area contributed by atoms with Crippen LogP contribution in [0.15, 0.2) is 72.8 Å². The summed E-state index contributed by atoms with van der Waals surface area (Å²) in [5, 5.41) is 23.3. The number of phenols is 1. The summed E-state index contributed by atoms with van der Waals surface area (Å²) < 4.78 is 0. The first-order chi connectivity index (χ1) is 24.3. The zero-order chi connectivity index (χ0) is 37.1. The highest BCUT2D eigenvalue weighted by Crippen LogP contribution is 2.22. The van der Waals surface area contributed by atoms with E-state index in [2.05, 4.69) is 26.6 Å².